The van der Waals surface area contributed by atoms with Crippen LogP contribution in [-0.2, 0) is 6.42 Å². The fourth-order valence-corrected chi connectivity index (χ4v) is 0.956. The molecule has 1 aromatic carbocycles. The summed E-state index contributed by atoms with van der Waals surface area (Å²) in [6.45, 7) is 0.153. The van der Waals surface area contributed by atoms with Crippen molar-refractivity contribution in [2.75, 3.05) is 6.61 Å². The molecule has 1 rings (SSSR count). The molecule has 0 aliphatic carbocycles. The van der Waals surface area contributed by atoms with Gasteiger partial charge in [-0.1, -0.05) is 12.1 Å². The number of benzene rings is 1. The summed E-state index contributed by atoms with van der Waals surface area (Å²) in [5.74, 6) is 0.638. The van der Waals surface area contributed by atoms with Crippen LogP contribution in [0.15, 0.2) is 24.3 Å². The summed E-state index contributed by atoms with van der Waals surface area (Å²) in [5.41, 5.74) is 1.06. The van der Waals surface area contributed by atoms with E-state index in [-0.39, 0.29) is 14.3 Å². The first kappa shape index (κ1) is 9.10. The highest BCUT2D eigenvalue weighted by Gasteiger charge is 1.94. The van der Waals surface area contributed by atoms with E-state index < -0.39 is 0 Å². The van der Waals surface area contributed by atoms with Crippen molar-refractivity contribution in [1.82, 2.24) is 0 Å². The minimum Gasteiger partial charge on any atom is -0.539 e. The summed E-state index contributed by atoms with van der Waals surface area (Å²) in [7, 11) is -0.306. The fraction of sp³-hybridized carbons (Fsp3) is 0.250. The second kappa shape index (κ2) is 4.80. The summed E-state index contributed by atoms with van der Waals surface area (Å²) in [4.78, 5) is 0. The molecule has 0 saturated heterocycles. The van der Waals surface area contributed by atoms with E-state index in [1.54, 1.807) is 12.1 Å². The third-order valence-electron chi connectivity index (χ3n) is 1.56. The second-order valence-corrected chi connectivity index (χ2v) is 2.39. The van der Waals surface area contributed by atoms with E-state index in [0.29, 0.717) is 12.2 Å². The Labute approximate surface area is 71.9 Å². The highest BCUT2D eigenvalue weighted by molar-refractivity contribution is 6.17. The maximum atomic E-state index is 8.62. The topological polar surface area (TPSA) is 49.7 Å². The van der Waals surface area contributed by atoms with Gasteiger partial charge in [-0.25, -0.2) is 0 Å². The summed E-state index contributed by atoms with van der Waals surface area (Å²) in [6.07, 6.45) is 0.652. The first-order chi connectivity index (χ1) is 5.86. The molecule has 0 saturated carbocycles. The van der Waals surface area contributed by atoms with Crippen molar-refractivity contribution in [3.63, 3.8) is 0 Å². The molecule has 0 heterocycles. The molecule has 0 aliphatic rings. The largest absolute Gasteiger partial charge is 0.539 e. The van der Waals surface area contributed by atoms with Gasteiger partial charge in [-0.3, -0.25) is 0 Å². The second-order valence-electron chi connectivity index (χ2n) is 2.39. The average molecular weight is 166 g/mol. The Balaban J connectivity index is 2.58. The number of rotatable bonds is 4. The number of aliphatic hydroxyl groups excluding tert-OH is 1. The lowest BCUT2D eigenvalue weighted by Crippen LogP contribution is -1.99. The molecule has 4 heteroatoms. The van der Waals surface area contributed by atoms with E-state index in [1.165, 1.54) is 0 Å². The van der Waals surface area contributed by atoms with E-state index in [4.69, 9.17) is 14.8 Å². The molecule has 0 fully saturated rings. The van der Waals surface area contributed by atoms with Gasteiger partial charge < -0.3 is 14.8 Å². The fourth-order valence-electron chi connectivity index (χ4n) is 0.956. The molecule has 12 heavy (non-hydrogen) atoms. The maximum absolute atomic E-state index is 8.62. The normalized spacial score (nSPS) is 9.50. The highest BCUT2D eigenvalue weighted by Crippen LogP contribution is 2.11. The van der Waals surface area contributed by atoms with E-state index in [2.05, 4.69) is 0 Å². The number of aliphatic hydroxyl groups is 1. The molecule has 0 aliphatic heterocycles. The van der Waals surface area contributed by atoms with Crippen LogP contribution in [0.2, 0.25) is 0 Å². The van der Waals surface area contributed by atoms with Crippen LogP contribution >= 0.6 is 0 Å². The maximum Gasteiger partial charge on any atom is 0.504 e. The van der Waals surface area contributed by atoms with Crippen LogP contribution in [0.25, 0.3) is 0 Å². The van der Waals surface area contributed by atoms with Crippen molar-refractivity contribution in [2.45, 2.75) is 6.42 Å². The summed E-state index contributed by atoms with van der Waals surface area (Å²) in [6, 6.07) is 7.25. The van der Waals surface area contributed by atoms with Crippen LogP contribution in [0.5, 0.6) is 5.75 Å². The molecule has 64 valence electrons. The molecule has 1 aromatic rings. The monoisotopic (exact) mass is 166 g/mol. The lowest BCUT2D eigenvalue weighted by atomic mass is 10.1. The van der Waals surface area contributed by atoms with Crippen LogP contribution in [-0.4, -0.2) is 24.4 Å². The quantitative estimate of drug-likeness (QED) is 0.612. The van der Waals surface area contributed by atoms with Crippen molar-refractivity contribution in [3.8, 4) is 5.75 Å². The van der Waals surface area contributed by atoms with Crippen LogP contribution in [0.3, 0.4) is 0 Å². The Morgan fingerprint density at radius 2 is 1.92 bits per heavy atom. The number of hydrogen-bond donors (Lipinski definition) is 2. The SMILES string of the molecule is OBOc1ccc(CCO)cc1. The Hall–Kier alpha value is -0.995. The van der Waals surface area contributed by atoms with Gasteiger partial charge in [0.15, 0.2) is 0 Å². The van der Waals surface area contributed by atoms with Gasteiger partial charge in [-0.2, -0.15) is 0 Å². The highest BCUT2D eigenvalue weighted by atomic mass is 16.5. The molecule has 0 atom stereocenters. The van der Waals surface area contributed by atoms with E-state index in [9.17, 15) is 0 Å². The van der Waals surface area contributed by atoms with Crippen molar-refractivity contribution < 1.29 is 14.8 Å². The third-order valence-corrected chi connectivity index (χ3v) is 1.56. The van der Waals surface area contributed by atoms with Crippen molar-refractivity contribution in [1.29, 1.82) is 0 Å². The average Bonchev–Trinajstić information content (AvgIpc) is 2.09. The molecule has 0 bridgehead atoms. The van der Waals surface area contributed by atoms with Crippen LogP contribution < -0.4 is 4.65 Å². The molecule has 0 amide bonds. The molecule has 0 aromatic heterocycles. The zero-order chi connectivity index (χ0) is 8.81. The zero-order valence-electron chi connectivity index (χ0n) is 6.73. The standard InChI is InChI=1S/C8H11BO3/c10-6-5-7-1-3-8(4-2-7)12-9-11/h1-4,9-11H,5-6H2. The summed E-state index contributed by atoms with van der Waals surface area (Å²) in [5, 5.41) is 17.1. The van der Waals surface area contributed by atoms with Crippen molar-refractivity contribution in [3.05, 3.63) is 29.8 Å². The molecule has 0 unspecified atom stereocenters. The zero-order valence-corrected chi connectivity index (χ0v) is 6.73. The van der Waals surface area contributed by atoms with Crippen molar-refractivity contribution >= 4 is 7.69 Å². The lowest BCUT2D eigenvalue weighted by molar-refractivity contribution is 0.299. The first-order valence-corrected chi connectivity index (χ1v) is 3.80. The van der Waals surface area contributed by atoms with Gasteiger partial charge in [0, 0.05) is 6.61 Å². The molecular formula is C8H11BO3. The van der Waals surface area contributed by atoms with Gasteiger partial charge in [-0.15, -0.1) is 0 Å². The van der Waals surface area contributed by atoms with Gasteiger partial charge in [0.1, 0.15) is 5.75 Å². The van der Waals surface area contributed by atoms with E-state index >= 15 is 0 Å². The van der Waals surface area contributed by atoms with Crippen LogP contribution in [0.1, 0.15) is 5.56 Å². The third kappa shape index (κ3) is 2.56. The summed E-state index contributed by atoms with van der Waals surface area (Å²) < 4.78 is 4.83. The molecule has 0 radical (unpaired) electrons. The molecule has 0 spiro atoms. The van der Waals surface area contributed by atoms with Gasteiger partial charge in [0.25, 0.3) is 0 Å². The van der Waals surface area contributed by atoms with Crippen molar-refractivity contribution in [2.24, 2.45) is 0 Å². The van der Waals surface area contributed by atoms with Crippen LogP contribution in [0.4, 0.5) is 0 Å². The lowest BCUT2D eigenvalue weighted by Gasteiger charge is -2.02. The predicted molar refractivity (Wildman–Crippen MR) is 47.2 cm³/mol. The minimum atomic E-state index is -0.306. The van der Waals surface area contributed by atoms with Gasteiger partial charge in [0.05, 0.1) is 0 Å². The Bertz CT molecular complexity index is 197. The minimum absolute atomic E-state index is 0.153. The van der Waals surface area contributed by atoms with E-state index in [0.717, 1.165) is 5.56 Å². The van der Waals surface area contributed by atoms with Crippen LogP contribution in [0, 0.1) is 0 Å². The Morgan fingerprint density at radius 1 is 1.25 bits per heavy atom. The van der Waals surface area contributed by atoms with Gasteiger partial charge in [-0.05, 0) is 24.1 Å². The molecular weight excluding hydrogens is 155 g/mol. The first-order valence-electron chi connectivity index (χ1n) is 3.80. The van der Waals surface area contributed by atoms with Gasteiger partial charge in [0.2, 0.25) is 0 Å². The van der Waals surface area contributed by atoms with Gasteiger partial charge >= 0.3 is 7.69 Å². The predicted octanol–water partition coefficient (Wildman–Crippen LogP) is -0.141. The molecule has 2 N–H and O–H groups in total. The number of hydrogen-bond acceptors (Lipinski definition) is 3. The summed E-state index contributed by atoms with van der Waals surface area (Å²) >= 11 is 0. The van der Waals surface area contributed by atoms with E-state index in [1.807, 2.05) is 12.1 Å². The Morgan fingerprint density at radius 3 is 2.42 bits per heavy atom. The Kier molecular flexibility index (Phi) is 3.64. The smallest absolute Gasteiger partial charge is 0.504 e. The molecule has 3 nitrogen and oxygen atoms in total.